The highest BCUT2D eigenvalue weighted by Crippen LogP contribution is 2.26. The maximum absolute atomic E-state index is 5.66. The van der Waals surface area contributed by atoms with Crippen molar-refractivity contribution in [3.05, 3.63) is 16.4 Å². The Balaban J connectivity index is 2.62. The summed E-state index contributed by atoms with van der Waals surface area (Å²) in [6.45, 7) is 5.18. The zero-order valence-electron chi connectivity index (χ0n) is 10.7. The van der Waals surface area contributed by atoms with Gasteiger partial charge in [-0.1, -0.05) is 32.6 Å². The molecule has 0 amide bonds. The molecule has 1 atom stereocenters. The van der Waals surface area contributed by atoms with E-state index in [-0.39, 0.29) is 6.04 Å². The number of nitrogens with one attached hydrogen (secondary N) is 1. The Morgan fingerprint density at radius 2 is 2.18 bits per heavy atom. The fourth-order valence-corrected chi connectivity index (χ4v) is 2.62. The van der Waals surface area contributed by atoms with Gasteiger partial charge in [-0.25, -0.2) is 0 Å². The van der Waals surface area contributed by atoms with Gasteiger partial charge in [0.05, 0.1) is 22.4 Å². The molecule has 1 aromatic heterocycles. The zero-order chi connectivity index (χ0) is 12.7. The maximum Gasteiger partial charge on any atom is 0.0709 e. The molecule has 0 aliphatic rings. The Hall–Kier alpha value is -0.390. The van der Waals surface area contributed by atoms with Crippen molar-refractivity contribution in [1.82, 2.24) is 15.2 Å². The highest BCUT2D eigenvalue weighted by Gasteiger charge is 2.17. The molecule has 4 nitrogen and oxygen atoms in total. The Morgan fingerprint density at radius 1 is 1.41 bits per heavy atom. The minimum absolute atomic E-state index is 0.184. The molecule has 0 bridgehead atoms. The van der Waals surface area contributed by atoms with Crippen LogP contribution < -0.4 is 11.3 Å². The predicted molar refractivity (Wildman–Crippen MR) is 74.4 cm³/mol. The quantitative estimate of drug-likeness (QED) is 0.441. The fraction of sp³-hybridized carbons (Fsp3) is 0.750. The number of aryl methyl sites for hydroxylation is 1. The molecular weight excluding hydrogens is 280 g/mol. The van der Waals surface area contributed by atoms with Gasteiger partial charge >= 0.3 is 0 Å². The second kappa shape index (κ2) is 7.84. The fourth-order valence-electron chi connectivity index (χ4n) is 2.04. The Bertz CT molecular complexity index is 324. The van der Waals surface area contributed by atoms with Crippen LogP contribution in [0.2, 0.25) is 0 Å². The average molecular weight is 303 g/mol. The molecule has 1 aromatic rings. The van der Waals surface area contributed by atoms with Crippen LogP contribution in [0.4, 0.5) is 0 Å². The van der Waals surface area contributed by atoms with Gasteiger partial charge < -0.3 is 0 Å². The third kappa shape index (κ3) is 4.08. The summed E-state index contributed by atoms with van der Waals surface area (Å²) in [5, 5.41) is 4.32. The summed E-state index contributed by atoms with van der Waals surface area (Å²) in [7, 11) is 0. The van der Waals surface area contributed by atoms with E-state index >= 15 is 0 Å². The van der Waals surface area contributed by atoms with E-state index in [9.17, 15) is 0 Å². The lowest BCUT2D eigenvalue weighted by Crippen LogP contribution is -2.30. The van der Waals surface area contributed by atoms with Gasteiger partial charge in [0.25, 0.3) is 0 Å². The SMILES string of the molecule is CCCCCCC(NN)c1c(Br)cnn1CC. The molecule has 0 aliphatic heterocycles. The molecule has 3 N–H and O–H groups in total. The standard InChI is InChI=1S/C12H23BrN4/c1-3-5-6-7-8-11(16-14)12-10(13)9-15-17(12)4-2/h9,11,16H,3-8,14H2,1-2H3. The van der Waals surface area contributed by atoms with Gasteiger partial charge in [0.2, 0.25) is 0 Å². The third-order valence-electron chi connectivity index (χ3n) is 3.01. The highest BCUT2D eigenvalue weighted by molar-refractivity contribution is 9.10. The molecule has 1 rings (SSSR count). The van der Waals surface area contributed by atoms with Crippen molar-refractivity contribution in [3.63, 3.8) is 0 Å². The van der Waals surface area contributed by atoms with Gasteiger partial charge in [-0.15, -0.1) is 0 Å². The molecule has 0 saturated carbocycles. The number of nitrogens with zero attached hydrogens (tertiary/aromatic N) is 2. The number of halogens is 1. The minimum atomic E-state index is 0.184. The van der Waals surface area contributed by atoms with Crippen LogP contribution in [0.5, 0.6) is 0 Å². The first kappa shape index (κ1) is 14.7. The molecule has 0 saturated heterocycles. The van der Waals surface area contributed by atoms with Crippen molar-refractivity contribution in [2.75, 3.05) is 0 Å². The van der Waals surface area contributed by atoms with E-state index in [2.05, 4.69) is 40.3 Å². The number of hydrogen-bond donors (Lipinski definition) is 2. The summed E-state index contributed by atoms with van der Waals surface area (Å²) in [6.07, 6.45) is 7.93. The monoisotopic (exact) mass is 302 g/mol. The smallest absolute Gasteiger partial charge is 0.0709 e. The maximum atomic E-state index is 5.66. The van der Waals surface area contributed by atoms with Crippen molar-refractivity contribution in [2.24, 2.45) is 5.84 Å². The van der Waals surface area contributed by atoms with Crippen LogP contribution in [-0.4, -0.2) is 9.78 Å². The molecule has 98 valence electrons. The van der Waals surface area contributed by atoms with E-state index in [4.69, 9.17) is 5.84 Å². The van der Waals surface area contributed by atoms with E-state index in [1.54, 1.807) is 0 Å². The molecule has 0 aliphatic carbocycles. The van der Waals surface area contributed by atoms with Gasteiger partial charge in [-0.05, 0) is 29.3 Å². The lowest BCUT2D eigenvalue weighted by molar-refractivity contribution is 0.444. The molecule has 17 heavy (non-hydrogen) atoms. The summed E-state index contributed by atoms with van der Waals surface area (Å²) >= 11 is 3.54. The first-order valence-electron chi connectivity index (χ1n) is 6.41. The van der Waals surface area contributed by atoms with Crippen molar-refractivity contribution in [2.45, 2.75) is 58.5 Å². The van der Waals surface area contributed by atoms with Crippen LogP contribution in [0.25, 0.3) is 0 Å². The van der Waals surface area contributed by atoms with E-state index in [1.165, 1.54) is 25.7 Å². The molecule has 1 unspecified atom stereocenters. The molecule has 0 spiro atoms. The van der Waals surface area contributed by atoms with Crippen molar-refractivity contribution in [1.29, 1.82) is 0 Å². The lowest BCUT2D eigenvalue weighted by atomic mass is 10.1. The average Bonchev–Trinajstić information content (AvgIpc) is 2.71. The number of rotatable bonds is 8. The summed E-state index contributed by atoms with van der Waals surface area (Å²) in [4.78, 5) is 0. The van der Waals surface area contributed by atoms with E-state index in [1.807, 2.05) is 10.9 Å². The normalized spacial score (nSPS) is 12.9. The molecule has 0 radical (unpaired) electrons. The number of nitrogens with two attached hydrogens (primary N) is 1. The van der Waals surface area contributed by atoms with Crippen molar-refractivity contribution >= 4 is 15.9 Å². The van der Waals surface area contributed by atoms with Crippen LogP contribution in [0.3, 0.4) is 0 Å². The first-order valence-corrected chi connectivity index (χ1v) is 7.21. The number of hydrogen-bond acceptors (Lipinski definition) is 3. The van der Waals surface area contributed by atoms with Crippen molar-refractivity contribution in [3.8, 4) is 0 Å². The summed E-state index contributed by atoms with van der Waals surface area (Å²) in [5.74, 6) is 5.66. The van der Waals surface area contributed by atoms with Crippen LogP contribution >= 0.6 is 15.9 Å². The zero-order valence-corrected chi connectivity index (χ0v) is 12.3. The van der Waals surface area contributed by atoms with Gasteiger partial charge in [-0.2, -0.15) is 5.10 Å². The van der Waals surface area contributed by atoms with Crippen LogP contribution in [0, 0.1) is 0 Å². The van der Waals surface area contributed by atoms with Gasteiger partial charge in [0.15, 0.2) is 0 Å². The highest BCUT2D eigenvalue weighted by atomic mass is 79.9. The number of unbranched alkanes of at least 4 members (excludes halogenated alkanes) is 3. The summed E-state index contributed by atoms with van der Waals surface area (Å²) in [5.41, 5.74) is 4.06. The second-order valence-corrected chi connectivity index (χ2v) is 5.12. The number of hydrazine groups is 1. The predicted octanol–water partition coefficient (Wildman–Crippen LogP) is 3.14. The third-order valence-corrected chi connectivity index (χ3v) is 3.62. The minimum Gasteiger partial charge on any atom is -0.271 e. The summed E-state index contributed by atoms with van der Waals surface area (Å²) in [6, 6.07) is 0.184. The molecule has 0 aromatic carbocycles. The first-order chi connectivity index (χ1) is 8.24. The van der Waals surface area contributed by atoms with Crippen LogP contribution in [0.15, 0.2) is 10.7 Å². The van der Waals surface area contributed by atoms with Gasteiger partial charge in [0.1, 0.15) is 0 Å². The van der Waals surface area contributed by atoms with Crippen LogP contribution in [0.1, 0.15) is 57.7 Å². The topological polar surface area (TPSA) is 55.9 Å². The van der Waals surface area contributed by atoms with Crippen molar-refractivity contribution < 1.29 is 0 Å². The van der Waals surface area contributed by atoms with E-state index in [0.29, 0.717) is 0 Å². The Kier molecular flexibility index (Phi) is 6.77. The van der Waals surface area contributed by atoms with Crippen LogP contribution in [-0.2, 0) is 6.54 Å². The second-order valence-electron chi connectivity index (χ2n) is 4.26. The Labute approximate surface area is 112 Å². The molecule has 0 fully saturated rings. The largest absolute Gasteiger partial charge is 0.271 e. The van der Waals surface area contributed by atoms with E-state index < -0.39 is 0 Å². The Morgan fingerprint density at radius 3 is 2.76 bits per heavy atom. The van der Waals surface area contributed by atoms with E-state index in [0.717, 1.165) is 23.1 Å². The van der Waals surface area contributed by atoms with Gasteiger partial charge in [0, 0.05) is 6.54 Å². The van der Waals surface area contributed by atoms with Gasteiger partial charge in [-0.3, -0.25) is 16.0 Å². The molecular formula is C12H23BrN4. The molecule has 5 heteroatoms. The molecule has 1 heterocycles. The number of aromatic nitrogens is 2. The lowest BCUT2D eigenvalue weighted by Gasteiger charge is -2.17. The summed E-state index contributed by atoms with van der Waals surface area (Å²) < 4.78 is 3.03.